The van der Waals surface area contributed by atoms with Crippen molar-refractivity contribution in [1.29, 1.82) is 0 Å². The summed E-state index contributed by atoms with van der Waals surface area (Å²) in [5.74, 6) is 3.88. The standard InChI is InChI=1S/C28H38N4O2/c1-5-7-8-9-10-18-34-19-12-17-29-28-30-21-25-26(31-28)16-15-24(20-27(25)32-33)23(4)14-11-13-22(3)6-2/h2,7-11,13-14,21,23-24,33H,5,12,15-20H2,1,3-4H3,(H,29,30,31)/b8-7-,10-9-,14-11?,22-13-,32-27+. The van der Waals surface area contributed by atoms with Gasteiger partial charge >= 0.3 is 0 Å². The van der Waals surface area contributed by atoms with Crippen LogP contribution >= 0.6 is 0 Å². The van der Waals surface area contributed by atoms with Crippen LogP contribution in [0, 0.1) is 24.2 Å². The number of oxime groups is 1. The molecule has 0 spiro atoms. The SMILES string of the molecule is C#C/C(C)=C\C=CC(C)C1CCc2nc(NCCCOC/C=C\C=C/CC)ncc2/C(=N/O)C1. The smallest absolute Gasteiger partial charge is 0.222 e. The molecule has 6 heteroatoms. The zero-order chi connectivity index (χ0) is 24.6. The van der Waals surface area contributed by atoms with E-state index < -0.39 is 0 Å². The van der Waals surface area contributed by atoms with Crippen molar-refractivity contribution in [3.63, 3.8) is 0 Å². The van der Waals surface area contributed by atoms with Crippen LogP contribution in [0.3, 0.4) is 0 Å². The highest BCUT2D eigenvalue weighted by atomic mass is 16.5. The summed E-state index contributed by atoms with van der Waals surface area (Å²) in [7, 11) is 0. The maximum Gasteiger partial charge on any atom is 0.222 e. The van der Waals surface area contributed by atoms with Gasteiger partial charge in [0, 0.05) is 24.9 Å². The number of anilines is 1. The van der Waals surface area contributed by atoms with Gasteiger partial charge in [-0.15, -0.1) is 6.42 Å². The van der Waals surface area contributed by atoms with Gasteiger partial charge in [0.05, 0.1) is 18.0 Å². The van der Waals surface area contributed by atoms with Gasteiger partial charge in [0.15, 0.2) is 0 Å². The van der Waals surface area contributed by atoms with E-state index in [0.717, 1.165) is 49.1 Å². The third-order valence-corrected chi connectivity index (χ3v) is 5.82. The summed E-state index contributed by atoms with van der Waals surface area (Å²) >= 11 is 0. The summed E-state index contributed by atoms with van der Waals surface area (Å²) in [4.78, 5) is 9.16. The van der Waals surface area contributed by atoms with Crippen LogP contribution in [0.2, 0.25) is 0 Å². The molecule has 2 atom stereocenters. The van der Waals surface area contributed by atoms with E-state index in [0.29, 0.717) is 43.1 Å². The average molecular weight is 463 g/mol. The lowest BCUT2D eigenvalue weighted by molar-refractivity contribution is 0.162. The van der Waals surface area contributed by atoms with Crippen molar-refractivity contribution in [2.75, 3.05) is 25.1 Å². The normalized spacial score (nSPS) is 18.9. The van der Waals surface area contributed by atoms with Gasteiger partial charge in [0.1, 0.15) is 0 Å². The summed E-state index contributed by atoms with van der Waals surface area (Å²) < 4.78 is 5.61. The first-order valence-corrected chi connectivity index (χ1v) is 12.1. The van der Waals surface area contributed by atoms with Crippen LogP contribution in [0.1, 0.15) is 57.7 Å². The summed E-state index contributed by atoms with van der Waals surface area (Å²) in [6.45, 7) is 8.22. The molecule has 34 heavy (non-hydrogen) atoms. The zero-order valence-corrected chi connectivity index (χ0v) is 20.7. The topological polar surface area (TPSA) is 79.6 Å². The first kappa shape index (κ1) is 27.1. The van der Waals surface area contributed by atoms with Crippen molar-refractivity contribution in [2.45, 2.75) is 52.9 Å². The van der Waals surface area contributed by atoms with Crippen molar-refractivity contribution in [1.82, 2.24) is 9.97 Å². The molecule has 0 bridgehead atoms. The van der Waals surface area contributed by atoms with E-state index in [1.54, 1.807) is 6.20 Å². The van der Waals surface area contributed by atoms with E-state index in [4.69, 9.17) is 16.1 Å². The third kappa shape index (κ3) is 9.36. The van der Waals surface area contributed by atoms with Gasteiger partial charge in [-0.1, -0.05) is 67.5 Å². The molecule has 1 aromatic rings. The lowest BCUT2D eigenvalue weighted by Gasteiger charge is -2.19. The molecular formula is C28H38N4O2. The van der Waals surface area contributed by atoms with E-state index in [-0.39, 0.29) is 0 Å². The molecule has 0 saturated carbocycles. The summed E-state index contributed by atoms with van der Waals surface area (Å²) in [6.07, 6.45) is 25.8. The number of hydrogen-bond acceptors (Lipinski definition) is 6. The molecule has 1 aliphatic carbocycles. The summed E-state index contributed by atoms with van der Waals surface area (Å²) in [5, 5.41) is 16.5. The van der Waals surface area contributed by atoms with Crippen molar-refractivity contribution in [3.05, 3.63) is 65.6 Å². The molecule has 2 unspecified atom stereocenters. The Morgan fingerprint density at radius 3 is 2.97 bits per heavy atom. The highest BCUT2D eigenvalue weighted by Gasteiger charge is 2.26. The number of terminal acetylenes is 1. The number of aromatic nitrogens is 2. The van der Waals surface area contributed by atoms with Crippen LogP contribution in [0.25, 0.3) is 0 Å². The number of nitrogens with zero attached hydrogens (tertiary/aromatic N) is 3. The van der Waals surface area contributed by atoms with E-state index in [9.17, 15) is 5.21 Å². The Balaban J connectivity index is 1.88. The molecule has 0 amide bonds. The van der Waals surface area contributed by atoms with Gasteiger partial charge in [-0.3, -0.25) is 0 Å². The molecule has 2 rings (SSSR count). The largest absolute Gasteiger partial charge is 0.411 e. The predicted octanol–water partition coefficient (Wildman–Crippen LogP) is 5.72. The first-order chi connectivity index (χ1) is 16.6. The molecule has 0 radical (unpaired) electrons. The highest BCUT2D eigenvalue weighted by molar-refractivity contribution is 6.01. The van der Waals surface area contributed by atoms with Gasteiger partial charge in [-0.25, -0.2) is 9.97 Å². The molecular weight excluding hydrogens is 424 g/mol. The predicted molar refractivity (Wildman–Crippen MR) is 140 cm³/mol. The monoisotopic (exact) mass is 462 g/mol. The maximum atomic E-state index is 9.66. The van der Waals surface area contributed by atoms with Crippen molar-refractivity contribution in [2.24, 2.45) is 17.0 Å². The molecule has 2 N–H and O–H groups in total. The minimum atomic E-state index is 0.316. The molecule has 0 saturated heterocycles. The molecule has 0 aromatic carbocycles. The van der Waals surface area contributed by atoms with Gasteiger partial charge < -0.3 is 15.3 Å². The number of allylic oxidation sites excluding steroid dienone is 7. The van der Waals surface area contributed by atoms with E-state index >= 15 is 0 Å². The maximum absolute atomic E-state index is 9.66. The molecule has 1 aliphatic rings. The van der Waals surface area contributed by atoms with Gasteiger partial charge in [-0.05, 0) is 56.4 Å². The third-order valence-electron chi connectivity index (χ3n) is 5.82. The molecule has 0 fully saturated rings. The molecule has 1 aromatic heterocycles. The summed E-state index contributed by atoms with van der Waals surface area (Å²) in [6, 6.07) is 0. The number of fused-ring (bicyclic) bond motifs is 1. The van der Waals surface area contributed by atoms with E-state index in [1.165, 1.54) is 0 Å². The second-order valence-corrected chi connectivity index (χ2v) is 8.46. The van der Waals surface area contributed by atoms with Crippen LogP contribution < -0.4 is 5.32 Å². The van der Waals surface area contributed by atoms with Crippen molar-refractivity contribution >= 4 is 11.7 Å². The Kier molecular flexibility index (Phi) is 12.4. The van der Waals surface area contributed by atoms with Crippen LogP contribution in [-0.2, 0) is 11.2 Å². The minimum Gasteiger partial charge on any atom is -0.411 e. The number of ether oxygens (including phenoxy) is 1. The van der Waals surface area contributed by atoms with Crippen LogP contribution in [-0.4, -0.2) is 40.6 Å². The lowest BCUT2D eigenvalue weighted by Crippen LogP contribution is -2.14. The highest BCUT2D eigenvalue weighted by Crippen LogP contribution is 2.30. The van der Waals surface area contributed by atoms with Gasteiger partial charge in [-0.2, -0.15) is 0 Å². The second-order valence-electron chi connectivity index (χ2n) is 8.46. The average Bonchev–Trinajstić information content (AvgIpc) is 3.04. The molecule has 1 heterocycles. The second kappa shape index (κ2) is 15.6. The van der Waals surface area contributed by atoms with Crippen molar-refractivity contribution in [3.8, 4) is 12.3 Å². The number of aryl methyl sites for hydroxylation is 1. The lowest BCUT2D eigenvalue weighted by atomic mass is 9.86. The van der Waals surface area contributed by atoms with Crippen molar-refractivity contribution < 1.29 is 9.94 Å². The fourth-order valence-corrected chi connectivity index (χ4v) is 3.71. The van der Waals surface area contributed by atoms with Crippen LogP contribution in [0.4, 0.5) is 5.95 Å². The van der Waals surface area contributed by atoms with Gasteiger partial charge in [0.2, 0.25) is 5.95 Å². The Hall–Kier alpha value is -3.17. The van der Waals surface area contributed by atoms with Crippen LogP contribution in [0.15, 0.2) is 59.5 Å². The first-order valence-electron chi connectivity index (χ1n) is 12.1. The summed E-state index contributed by atoms with van der Waals surface area (Å²) in [5.41, 5.74) is 3.30. The van der Waals surface area contributed by atoms with Gasteiger partial charge in [0.25, 0.3) is 0 Å². The molecule has 182 valence electrons. The number of hydrogen-bond donors (Lipinski definition) is 2. The molecule has 6 nitrogen and oxygen atoms in total. The van der Waals surface area contributed by atoms with Crippen LogP contribution in [0.5, 0.6) is 0 Å². The fraction of sp³-hybridized carbons (Fsp3) is 0.464. The van der Waals surface area contributed by atoms with E-state index in [2.05, 4.69) is 47.4 Å². The fourth-order valence-electron chi connectivity index (χ4n) is 3.71. The zero-order valence-electron chi connectivity index (χ0n) is 20.7. The Morgan fingerprint density at radius 2 is 2.21 bits per heavy atom. The van der Waals surface area contributed by atoms with E-state index in [1.807, 2.05) is 37.3 Å². The quantitative estimate of drug-likeness (QED) is 0.104. The Morgan fingerprint density at radius 1 is 1.38 bits per heavy atom. The Labute approximate surface area is 204 Å². The Bertz CT molecular complexity index is 954. The number of nitrogens with one attached hydrogen (secondary N) is 1. The number of rotatable bonds is 12. The minimum absolute atomic E-state index is 0.316. The molecule has 0 aliphatic heterocycles.